The van der Waals surface area contributed by atoms with Crippen molar-refractivity contribution in [2.75, 3.05) is 16.4 Å². The van der Waals surface area contributed by atoms with Crippen LogP contribution in [-0.2, 0) is 10.0 Å². The lowest BCUT2D eigenvalue weighted by atomic mass is 10.2. The van der Waals surface area contributed by atoms with Crippen LogP contribution in [0.4, 0.5) is 10.2 Å². The fraction of sp³-hybridized carbons (Fsp3) is 0.188. The Kier molecular flexibility index (Phi) is 4.38. The number of nitrogens with one attached hydrogen (secondary N) is 3. The van der Waals surface area contributed by atoms with E-state index >= 15 is 0 Å². The van der Waals surface area contributed by atoms with Crippen LogP contribution in [0.2, 0.25) is 0 Å². The summed E-state index contributed by atoms with van der Waals surface area (Å²) in [6.45, 7) is 1.65. The third kappa shape index (κ3) is 3.47. The third-order valence-electron chi connectivity index (χ3n) is 4.09. The first-order valence-electron chi connectivity index (χ1n) is 8.34. The van der Waals surface area contributed by atoms with E-state index in [9.17, 15) is 17.6 Å². The Labute approximate surface area is 163 Å². The van der Waals surface area contributed by atoms with E-state index in [1.54, 1.807) is 6.92 Å². The zero-order chi connectivity index (χ0) is 20.8. The Morgan fingerprint density at radius 1 is 1.24 bits per heavy atom. The molecule has 0 amide bonds. The average molecular weight is 418 g/mol. The molecule has 3 aromatic heterocycles. The summed E-state index contributed by atoms with van der Waals surface area (Å²) in [6, 6.07) is 3.29. The number of benzene rings is 1. The minimum Gasteiger partial charge on any atom is -0.358 e. The molecule has 0 aliphatic heterocycles. The Morgan fingerprint density at radius 2 is 2.03 bits per heavy atom. The molecule has 13 heteroatoms. The molecule has 1 atom stereocenters. The lowest BCUT2D eigenvalue weighted by Crippen LogP contribution is -2.37. The summed E-state index contributed by atoms with van der Waals surface area (Å²) in [5.74, 6) is -0.407. The highest BCUT2D eigenvalue weighted by molar-refractivity contribution is 7.91. The summed E-state index contributed by atoms with van der Waals surface area (Å²) in [5.41, 5.74) is 0.169. The predicted molar refractivity (Wildman–Crippen MR) is 104 cm³/mol. The van der Waals surface area contributed by atoms with E-state index in [2.05, 4.69) is 35.1 Å². The van der Waals surface area contributed by atoms with Gasteiger partial charge in [0.25, 0.3) is 5.56 Å². The molecule has 0 spiro atoms. The van der Waals surface area contributed by atoms with E-state index in [0.29, 0.717) is 21.7 Å². The number of hydrogen-bond acceptors (Lipinski definition) is 8. The van der Waals surface area contributed by atoms with Crippen LogP contribution < -0.4 is 15.7 Å². The second kappa shape index (κ2) is 6.77. The summed E-state index contributed by atoms with van der Waals surface area (Å²) < 4.78 is 38.5. The first kappa shape index (κ1) is 18.7. The zero-order valence-corrected chi connectivity index (χ0v) is 16.0. The molecule has 4 rings (SSSR count). The van der Waals surface area contributed by atoms with E-state index in [-0.39, 0.29) is 16.7 Å². The zero-order valence-electron chi connectivity index (χ0n) is 15.2. The topological polar surface area (TPSA) is 148 Å². The Bertz CT molecular complexity index is 1400. The number of imidazole rings is 1. The van der Waals surface area contributed by atoms with Gasteiger partial charge in [0.05, 0.1) is 24.1 Å². The van der Waals surface area contributed by atoms with E-state index in [4.69, 9.17) is 0 Å². The molecule has 0 radical (unpaired) electrons. The van der Waals surface area contributed by atoms with Crippen LogP contribution in [0.25, 0.3) is 22.1 Å². The lowest BCUT2D eigenvalue weighted by molar-refractivity contribution is 0.594. The Balaban J connectivity index is 1.88. The van der Waals surface area contributed by atoms with Crippen molar-refractivity contribution in [2.24, 2.45) is 0 Å². The van der Waals surface area contributed by atoms with Gasteiger partial charge in [0.15, 0.2) is 17.3 Å². The maximum Gasteiger partial charge on any atom is 0.283 e. The van der Waals surface area contributed by atoms with Gasteiger partial charge in [-0.2, -0.15) is 4.68 Å². The van der Waals surface area contributed by atoms with Crippen LogP contribution in [0.3, 0.4) is 0 Å². The van der Waals surface area contributed by atoms with Gasteiger partial charge >= 0.3 is 0 Å². The van der Waals surface area contributed by atoms with Crippen LogP contribution in [0, 0.1) is 5.82 Å². The maximum absolute atomic E-state index is 14.2. The molecule has 11 nitrogen and oxygen atoms in total. The van der Waals surface area contributed by atoms with Crippen molar-refractivity contribution < 1.29 is 12.8 Å². The van der Waals surface area contributed by atoms with Gasteiger partial charge in [0.1, 0.15) is 23.0 Å². The van der Waals surface area contributed by atoms with E-state index in [0.717, 1.165) is 12.3 Å². The number of nitrogens with zero attached hydrogens (tertiary/aromatic N) is 5. The molecule has 0 bridgehead atoms. The quantitative estimate of drug-likeness (QED) is 0.433. The normalized spacial score (nSPS) is 12.9. The van der Waals surface area contributed by atoms with Crippen molar-refractivity contribution in [1.82, 2.24) is 29.6 Å². The number of hydrogen-bond donors (Lipinski definition) is 3. The van der Waals surface area contributed by atoms with Crippen LogP contribution in [0.5, 0.6) is 0 Å². The third-order valence-corrected chi connectivity index (χ3v) is 4.61. The van der Waals surface area contributed by atoms with Crippen LogP contribution in [0.1, 0.15) is 18.8 Å². The number of halogens is 1. The summed E-state index contributed by atoms with van der Waals surface area (Å²) in [6.07, 6.45) is 3.64. The van der Waals surface area contributed by atoms with Gasteiger partial charge in [-0.3, -0.25) is 4.79 Å². The van der Waals surface area contributed by atoms with Crippen molar-refractivity contribution in [1.29, 1.82) is 0 Å². The van der Waals surface area contributed by atoms with Gasteiger partial charge in [0, 0.05) is 0 Å². The molecule has 0 unspecified atom stereocenters. The highest BCUT2D eigenvalue weighted by Gasteiger charge is 2.21. The standard InChI is InChI=1S/C16H15FN8O3S/c1-8(22-14-12-13(19-6-18-12)20-7-21-14)15-23-10-5-3-4-9(17)11(10)16(26)25(15)24-29(2,27)28/h3-8,24H,1-2H3,(H2,18,19,20,21,22)/t8-/m0/s1. The molecule has 150 valence electrons. The first-order chi connectivity index (χ1) is 13.7. The molecular weight excluding hydrogens is 403 g/mol. The maximum atomic E-state index is 14.2. The van der Waals surface area contributed by atoms with Crippen molar-refractivity contribution in [3.05, 3.63) is 52.8 Å². The van der Waals surface area contributed by atoms with E-state index < -0.39 is 27.4 Å². The van der Waals surface area contributed by atoms with Crippen molar-refractivity contribution in [3.8, 4) is 0 Å². The number of aromatic amines is 1. The molecule has 0 saturated heterocycles. The highest BCUT2D eigenvalue weighted by Crippen LogP contribution is 2.22. The molecule has 0 aliphatic rings. The largest absolute Gasteiger partial charge is 0.358 e. The summed E-state index contributed by atoms with van der Waals surface area (Å²) in [5, 5.41) is 2.73. The number of anilines is 1. The number of fused-ring (bicyclic) bond motifs is 2. The Morgan fingerprint density at radius 3 is 2.79 bits per heavy atom. The van der Waals surface area contributed by atoms with Crippen LogP contribution >= 0.6 is 0 Å². The second-order valence-corrected chi connectivity index (χ2v) is 8.02. The molecular formula is C16H15FN8O3S. The van der Waals surface area contributed by atoms with Crippen molar-refractivity contribution >= 4 is 37.9 Å². The summed E-state index contributed by atoms with van der Waals surface area (Å²) in [7, 11) is -3.85. The summed E-state index contributed by atoms with van der Waals surface area (Å²) in [4.78, 5) is 34.4. The number of sulfonamides is 1. The Hall–Kier alpha value is -3.61. The van der Waals surface area contributed by atoms with E-state index in [1.807, 2.05) is 0 Å². The van der Waals surface area contributed by atoms with Gasteiger partial charge in [0.2, 0.25) is 10.0 Å². The highest BCUT2D eigenvalue weighted by atomic mass is 32.2. The average Bonchev–Trinajstić information content (AvgIpc) is 3.12. The van der Waals surface area contributed by atoms with Gasteiger partial charge < -0.3 is 10.3 Å². The second-order valence-electron chi connectivity index (χ2n) is 6.30. The first-order valence-corrected chi connectivity index (χ1v) is 10.2. The van der Waals surface area contributed by atoms with Gasteiger partial charge in [-0.05, 0) is 19.1 Å². The van der Waals surface area contributed by atoms with Crippen molar-refractivity contribution in [2.45, 2.75) is 13.0 Å². The van der Waals surface area contributed by atoms with Crippen LogP contribution in [0.15, 0.2) is 35.6 Å². The monoisotopic (exact) mass is 418 g/mol. The molecule has 4 aromatic rings. The number of H-pyrrole nitrogens is 1. The van der Waals surface area contributed by atoms with E-state index in [1.165, 1.54) is 24.8 Å². The van der Waals surface area contributed by atoms with Gasteiger partial charge in [-0.15, -0.1) is 0 Å². The molecule has 0 saturated carbocycles. The predicted octanol–water partition coefficient (Wildman–Crippen LogP) is 0.878. The fourth-order valence-electron chi connectivity index (χ4n) is 2.90. The smallest absolute Gasteiger partial charge is 0.283 e. The van der Waals surface area contributed by atoms with Crippen LogP contribution in [-0.4, -0.2) is 44.3 Å². The molecule has 0 fully saturated rings. The molecule has 3 heterocycles. The minimum atomic E-state index is -3.85. The SMILES string of the molecule is C[C@H](Nc1ncnc2nc[nH]c12)c1nc2cccc(F)c2c(=O)n1NS(C)(=O)=O. The number of rotatable bonds is 5. The minimum absolute atomic E-state index is 0.0183. The molecule has 0 aliphatic carbocycles. The fourth-order valence-corrected chi connectivity index (χ4v) is 3.40. The van der Waals surface area contributed by atoms with Gasteiger partial charge in [-0.1, -0.05) is 6.07 Å². The lowest BCUT2D eigenvalue weighted by Gasteiger charge is -2.20. The number of aromatic nitrogens is 6. The molecule has 1 aromatic carbocycles. The summed E-state index contributed by atoms with van der Waals surface area (Å²) >= 11 is 0. The van der Waals surface area contributed by atoms with Crippen molar-refractivity contribution in [3.63, 3.8) is 0 Å². The van der Waals surface area contributed by atoms with Gasteiger partial charge in [-0.25, -0.2) is 37.6 Å². The molecule has 29 heavy (non-hydrogen) atoms. The molecule has 3 N–H and O–H groups in total.